The van der Waals surface area contributed by atoms with Gasteiger partial charge in [-0.25, -0.2) is 0 Å². The van der Waals surface area contributed by atoms with E-state index in [-0.39, 0.29) is 11.8 Å². The molecule has 1 fully saturated rings. The summed E-state index contributed by atoms with van der Waals surface area (Å²) in [7, 11) is 3.99. The summed E-state index contributed by atoms with van der Waals surface area (Å²) in [6.45, 7) is 3.75. The number of hydrogen-bond donors (Lipinski definition) is 1. The number of piperidine rings is 1. The van der Waals surface area contributed by atoms with E-state index < -0.39 is 0 Å². The van der Waals surface area contributed by atoms with E-state index in [2.05, 4.69) is 25.3 Å². The number of likely N-dealkylation sites (tertiary alicyclic amines) is 1. The first kappa shape index (κ1) is 21.0. The zero-order chi connectivity index (χ0) is 20.1. The Balaban J connectivity index is 1.49. The predicted octanol–water partition coefficient (Wildman–Crippen LogP) is 2.93. The summed E-state index contributed by atoms with van der Waals surface area (Å²) in [6.07, 6.45) is 1.66. The van der Waals surface area contributed by atoms with Crippen molar-refractivity contribution < 1.29 is 9.32 Å². The summed E-state index contributed by atoms with van der Waals surface area (Å²) < 4.78 is 5.38. The zero-order valence-electron chi connectivity index (χ0n) is 16.1. The molecule has 1 aromatic heterocycles. The summed E-state index contributed by atoms with van der Waals surface area (Å²) >= 11 is 12.1. The number of likely N-dealkylation sites (N-methyl/N-ethyl adjacent to an activating group) is 1. The quantitative estimate of drug-likeness (QED) is 0.734. The molecule has 3 rings (SSSR count). The molecule has 0 aliphatic carbocycles. The highest BCUT2D eigenvalue weighted by Gasteiger charge is 2.26. The van der Waals surface area contributed by atoms with E-state index in [0.717, 1.165) is 32.5 Å². The van der Waals surface area contributed by atoms with Crippen molar-refractivity contribution in [2.24, 2.45) is 5.92 Å². The van der Waals surface area contributed by atoms with Crippen LogP contribution in [0.3, 0.4) is 0 Å². The highest BCUT2D eigenvalue weighted by atomic mass is 35.5. The smallest absolute Gasteiger partial charge is 0.241 e. The molecule has 0 spiro atoms. The van der Waals surface area contributed by atoms with Crippen molar-refractivity contribution in [1.82, 2.24) is 25.3 Å². The molecule has 152 valence electrons. The Kier molecular flexibility index (Phi) is 7.29. The van der Waals surface area contributed by atoms with Crippen LogP contribution in [-0.4, -0.2) is 66.1 Å². The van der Waals surface area contributed by atoms with E-state index >= 15 is 0 Å². The molecule has 1 saturated heterocycles. The van der Waals surface area contributed by atoms with E-state index in [4.69, 9.17) is 27.7 Å². The summed E-state index contributed by atoms with van der Waals surface area (Å²) in [5, 5.41) is 8.09. The van der Waals surface area contributed by atoms with Crippen molar-refractivity contribution in [3.05, 3.63) is 34.1 Å². The number of carbonyl (C=O) groups excluding carboxylic acids is 1. The minimum absolute atomic E-state index is 0.0736. The molecule has 9 heteroatoms. The van der Waals surface area contributed by atoms with E-state index in [1.54, 1.807) is 18.2 Å². The molecule has 1 amide bonds. The molecule has 7 nitrogen and oxygen atoms in total. The lowest BCUT2D eigenvalue weighted by Crippen LogP contribution is -2.41. The number of halogens is 2. The van der Waals surface area contributed by atoms with Crippen molar-refractivity contribution >= 4 is 29.1 Å². The second kappa shape index (κ2) is 9.69. The molecule has 1 aliphatic heterocycles. The number of hydrogen-bond acceptors (Lipinski definition) is 6. The van der Waals surface area contributed by atoms with Gasteiger partial charge >= 0.3 is 0 Å². The van der Waals surface area contributed by atoms with Crippen molar-refractivity contribution in [1.29, 1.82) is 0 Å². The molecule has 1 aliphatic rings. The Hall–Kier alpha value is -1.67. The van der Waals surface area contributed by atoms with Gasteiger partial charge in [0, 0.05) is 29.6 Å². The number of amides is 1. The van der Waals surface area contributed by atoms with Crippen LogP contribution in [-0.2, 0) is 11.3 Å². The zero-order valence-corrected chi connectivity index (χ0v) is 17.6. The molecule has 2 heterocycles. The van der Waals surface area contributed by atoms with Gasteiger partial charge in [0.25, 0.3) is 0 Å². The average molecular weight is 426 g/mol. The third-order valence-electron chi connectivity index (χ3n) is 4.82. The number of aromatic nitrogens is 2. The van der Waals surface area contributed by atoms with Crippen LogP contribution in [0.25, 0.3) is 11.4 Å². The number of benzene rings is 1. The maximum absolute atomic E-state index is 12.2. The van der Waals surface area contributed by atoms with Crippen LogP contribution >= 0.6 is 23.2 Å². The van der Waals surface area contributed by atoms with Gasteiger partial charge in [-0.3, -0.25) is 9.69 Å². The van der Waals surface area contributed by atoms with Crippen LogP contribution in [0.2, 0.25) is 10.0 Å². The summed E-state index contributed by atoms with van der Waals surface area (Å²) in [6, 6.07) is 5.18. The van der Waals surface area contributed by atoms with Gasteiger partial charge < -0.3 is 14.7 Å². The van der Waals surface area contributed by atoms with Crippen LogP contribution in [0, 0.1) is 5.92 Å². The molecule has 0 atom stereocenters. The van der Waals surface area contributed by atoms with Gasteiger partial charge in [-0.05, 0) is 58.2 Å². The van der Waals surface area contributed by atoms with Gasteiger partial charge in [0.2, 0.25) is 17.6 Å². The number of rotatable bonds is 7. The predicted molar refractivity (Wildman–Crippen MR) is 109 cm³/mol. The molecular formula is C19H25Cl2N5O2. The highest BCUT2D eigenvalue weighted by Crippen LogP contribution is 2.28. The maximum Gasteiger partial charge on any atom is 0.241 e. The lowest BCUT2D eigenvalue weighted by Gasteiger charge is -2.30. The van der Waals surface area contributed by atoms with Gasteiger partial charge in [0.15, 0.2) is 0 Å². The second-order valence-corrected chi connectivity index (χ2v) is 8.12. The minimum atomic E-state index is 0.0736. The van der Waals surface area contributed by atoms with Gasteiger partial charge in [-0.2, -0.15) is 4.98 Å². The minimum Gasteiger partial charge on any atom is -0.355 e. The van der Waals surface area contributed by atoms with Crippen LogP contribution in [0.1, 0.15) is 18.7 Å². The summed E-state index contributed by atoms with van der Waals surface area (Å²) in [5.41, 5.74) is 0.689. The van der Waals surface area contributed by atoms with E-state index in [1.807, 2.05) is 14.1 Å². The Bertz CT molecular complexity index is 803. The van der Waals surface area contributed by atoms with E-state index in [1.165, 1.54) is 0 Å². The third-order valence-corrected chi connectivity index (χ3v) is 5.36. The first-order chi connectivity index (χ1) is 13.4. The fraction of sp³-hybridized carbons (Fsp3) is 0.526. The first-order valence-electron chi connectivity index (χ1n) is 9.35. The number of carbonyl (C=O) groups is 1. The van der Waals surface area contributed by atoms with Crippen LogP contribution in [0.15, 0.2) is 22.7 Å². The molecule has 1 aromatic carbocycles. The number of nitrogens with zero attached hydrogens (tertiary/aromatic N) is 4. The van der Waals surface area contributed by atoms with Gasteiger partial charge in [-0.1, -0.05) is 28.4 Å². The molecular weight excluding hydrogens is 401 g/mol. The van der Waals surface area contributed by atoms with Gasteiger partial charge in [0.1, 0.15) is 0 Å². The van der Waals surface area contributed by atoms with Crippen LogP contribution in [0.4, 0.5) is 0 Å². The lowest BCUT2D eigenvalue weighted by atomic mass is 9.96. The largest absolute Gasteiger partial charge is 0.355 e. The summed E-state index contributed by atoms with van der Waals surface area (Å²) in [4.78, 5) is 21.0. The van der Waals surface area contributed by atoms with Crippen molar-refractivity contribution in [3.8, 4) is 11.4 Å². The SMILES string of the molecule is CN(C)CCNC(=O)C1CCN(Cc2nc(-c3ccc(Cl)cc3Cl)no2)CC1. The number of nitrogens with one attached hydrogen (secondary N) is 1. The molecule has 0 bridgehead atoms. The Morgan fingerprint density at radius 3 is 2.75 bits per heavy atom. The monoisotopic (exact) mass is 425 g/mol. The Labute approximate surface area is 175 Å². The normalized spacial score (nSPS) is 15.9. The average Bonchev–Trinajstić information content (AvgIpc) is 3.10. The first-order valence-corrected chi connectivity index (χ1v) is 10.1. The third kappa shape index (κ3) is 5.67. The van der Waals surface area contributed by atoms with Crippen molar-refractivity contribution in [2.75, 3.05) is 40.3 Å². The molecule has 28 heavy (non-hydrogen) atoms. The van der Waals surface area contributed by atoms with Crippen LogP contribution in [0.5, 0.6) is 0 Å². The lowest BCUT2D eigenvalue weighted by molar-refractivity contribution is -0.126. The fourth-order valence-electron chi connectivity index (χ4n) is 3.19. The van der Waals surface area contributed by atoms with Gasteiger partial charge in [-0.15, -0.1) is 0 Å². The van der Waals surface area contributed by atoms with Gasteiger partial charge in [0.05, 0.1) is 11.6 Å². The van der Waals surface area contributed by atoms with Crippen LogP contribution < -0.4 is 5.32 Å². The fourth-order valence-corrected chi connectivity index (χ4v) is 3.68. The molecule has 0 saturated carbocycles. The van der Waals surface area contributed by atoms with Crippen molar-refractivity contribution in [3.63, 3.8) is 0 Å². The van der Waals surface area contributed by atoms with E-state index in [9.17, 15) is 4.79 Å². The second-order valence-electron chi connectivity index (χ2n) is 7.28. The maximum atomic E-state index is 12.2. The highest BCUT2D eigenvalue weighted by molar-refractivity contribution is 6.36. The Morgan fingerprint density at radius 1 is 1.32 bits per heavy atom. The van der Waals surface area contributed by atoms with Crippen molar-refractivity contribution in [2.45, 2.75) is 19.4 Å². The topological polar surface area (TPSA) is 74.5 Å². The standard InChI is InChI=1S/C19H25Cl2N5O2/c1-25(2)10-7-22-19(27)13-5-8-26(9-6-13)12-17-23-18(24-28-17)15-4-3-14(20)11-16(15)21/h3-4,11,13H,5-10,12H2,1-2H3,(H,22,27). The van der Waals surface area contributed by atoms with E-state index in [0.29, 0.717) is 40.4 Å². The molecule has 0 unspecified atom stereocenters. The Morgan fingerprint density at radius 2 is 2.07 bits per heavy atom. The molecule has 2 aromatic rings. The summed E-state index contributed by atoms with van der Waals surface area (Å²) in [5.74, 6) is 1.21. The molecule has 1 N–H and O–H groups in total. The molecule has 0 radical (unpaired) electrons.